The van der Waals surface area contributed by atoms with Crippen LogP contribution < -0.4 is 10.2 Å². The van der Waals surface area contributed by atoms with Crippen LogP contribution in [0.3, 0.4) is 0 Å². The quantitative estimate of drug-likeness (QED) is 0.389. The highest BCUT2D eigenvalue weighted by Gasteiger charge is 2.21. The van der Waals surface area contributed by atoms with Crippen molar-refractivity contribution < 1.29 is 4.79 Å². The van der Waals surface area contributed by atoms with E-state index < -0.39 is 0 Å². The minimum Gasteiger partial charge on any atom is -0.378 e. The van der Waals surface area contributed by atoms with E-state index in [2.05, 4.69) is 77.7 Å². The van der Waals surface area contributed by atoms with Crippen molar-refractivity contribution in [3.63, 3.8) is 0 Å². The summed E-state index contributed by atoms with van der Waals surface area (Å²) in [5, 5.41) is 11.2. The number of para-hydroxylation sites is 1. The number of anilines is 1. The number of rotatable bonds is 6. The molecule has 0 bridgehead atoms. The van der Waals surface area contributed by atoms with E-state index >= 15 is 0 Å². The van der Waals surface area contributed by atoms with Gasteiger partial charge in [0.25, 0.3) is 5.91 Å². The van der Waals surface area contributed by atoms with Crippen molar-refractivity contribution in [1.29, 1.82) is 0 Å². The number of amides is 1. The van der Waals surface area contributed by atoms with Crippen molar-refractivity contribution in [2.45, 2.75) is 12.8 Å². The molecule has 2 heterocycles. The summed E-state index contributed by atoms with van der Waals surface area (Å²) in [6, 6.07) is 16.7. The number of aryl methyl sites for hydroxylation is 1. The predicted octanol–water partition coefficient (Wildman–Crippen LogP) is 4.59. The Hall–Kier alpha value is -3.06. The summed E-state index contributed by atoms with van der Waals surface area (Å²) in [5.41, 5.74) is 5.71. The minimum absolute atomic E-state index is 0.000117. The number of halogens is 1. The smallest absolute Gasteiger partial charge is 0.272 e. The summed E-state index contributed by atoms with van der Waals surface area (Å²) in [5.74, 6) is -0.207. The Kier molecular flexibility index (Phi) is 5.63. The van der Waals surface area contributed by atoms with Gasteiger partial charge in [0.15, 0.2) is 5.69 Å². The van der Waals surface area contributed by atoms with E-state index in [0.717, 1.165) is 33.4 Å². The van der Waals surface area contributed by atoms with Crippen LogP contribution in [-0.2, 0) is 0 Å². The molecule has 2 aromatic carbocycles. The third-order valence-electron chi connectivity index (χ3n) is 5.36. The van der Waals surface area contributed by atoms with E-state index in [0.29, 0.717) is 16.7 Å². The van der Waals surface area contributed by atoms with Crippen LogP contribution in [-0.4, -0.2) is 41.7 Å². The normalized spacial score (nSPS) is 12.1. The average Bonchev–Trinajstić information content (AvgIpc) is 3.32. The topological polar surface area (TPSA) is 76.8 Å². The number of fused-ring (bicyclic) bond motifs is 1. The molecule has 0 aliphatic heterocycles. The van der Waals surface area contributed by atoms with Gasteiger partial charge in [0.1, 0.15) is 0 Å². The van der Waals surface area contributed by atoms with Crippen LogP contribution in [0.25, 0.3) is 10.9 Å². The molecule has 0 radical (unpaired) electrons. The van der Waals surface area contributed by atoms with Gasteiger partial charge in [0.05, 0.1) is 4.47 Å². The molecule has 30 heavy (non-hydrogen) atoms. The standard InChI is InChI=1S/C23H24BrN5O/c1-14-21(24)22(28-27-14)23(30)26-12-18(15-8-10-16(11-9-15)29(2)3)19-13-25-20-7-5-4-6-17(19)20/h4-11,13,18,25H,12H2,1-3H3,(H,26,30)(H,27,28). The maximum atomic E-state index is 12.8. The maximum Gasteiger partial charge on any atom is 0.272 e. The van der Waals surface area contributed by atoms with Gasteiger partial charge < -0.3 is 15.2 Å². The van der Waals surface area contributed by atoms with E-state index in [1.165, 1.54) is 0 Å². The van der Waals surface area contributed by atoms with E-state index in [1.54, 1.807) is 0 Å². The molecule has 4 rings (SSSR count). The molecule has 3 N–H and O–H groups in total. The van der Waals surface area contributed by atoms with Crippen molar-refractivity contribution in [1.82, 2.24) is 20.5 Å². The molecule has 0 spiro atoms. The van der Waals surface area contributed by atoms with Crippen LogP contribution in [0.15, 0.2) is 59.2 Å². The lowest BCUT2D eigenvalue weighted by Gasteiger charge is -2.20. The zero-order valence-corrected chi connectivity index (χ0v) is 18.7. The first kappa shape index (κ1) is 20.2. The lowest BCUT2D eigenvalue weighted by atomic mass is 9.90. The Labute approximate surface area is 183 Å². The Bertz CT molecular complexity index is 1180. The largest absolute Gasteiger partial charge is 0.378 e. The molecule has 154 valence electrons. The molecule has 0 aliphatic rings. The minimum atomic E-state index is -0.207. The fourth-order valence-electron chi connectivity index (χ4n) is 3.64. The number of carbonyl (C=O) groups is 1. The van der Waals surface area contributed by atoms with Gasteiger partial charge in [-0.15, -0.1) is 0 Å². The molecule has 0 fully saturated rings. The average molecular weight is 466 g/mol. The number of nitrogens with zero attached hydrogens (tertiary/aromatic N) is 2. The fourth-order valence-corrected chi connectivity index (χ4v) is 4.00. The first-order valence-electron chi connectivity index (χ1n) is 9.77. The Morgan fingerprint density at radius 2 is 1.90 bits per heavy atom. The van der Waals surface area contributed by atoms with Gasteiger partial charge in [-0.25, -0.2) is 0 Å². The molecule has 0 aliphatic carbocycles. The summed E-state index contributed by atoms with van der Waals surface area (Å²) < 4.78 is 0.694. The third-order valence-corrected chi connectivity index (χ3v) is 6.33. The molecule has 2 aromatic heterocycles. The fraction of sp³-hybridized carbons (Fsp3) is 0.217. The number of aromatic nitrogens is 3. The molecule has 0 saturated heterocycles. The number of aromatic amines is 2. The zero-order valence-electron chi connectivity index (χ0n) is 17.2. The molecular formula is C23H24BrN5O. The highest BCUT2D eigenvalue weighted by molar-refractivity contribution is 9.10. The molecule has 1 atom stereocenters. The van der Waals surface area contributed by atoms with E-state index in [1.807, 2.05) is 39.3 Å². The molecule has 6 nitrogen and oxygen atoms in total. The second-order valence-corrected chi connectivity index (χ2v) is 8.34. The van der Waals surface area contributed by atoms with Gasteiger partial charge in [0.2, 0.25) is 0 Å². The molecular weight excluding hydrogens is 442 g/mol. The monoisotopic (exact) mass is 465 g/mol. The van der Waals surface area contributed by atoms with E-state index in [-0.39, 0.29) is 11.8 Å². The van der Waals surface area contributed by atoms with Crippen LogP contribution in [0.2, 0.25) is 0 Å². The summed E-state index contributed by atoms with van der Waals surface area (Å²) in [7, 11) is 4.05. The summed E-state index contributed by atoms with van der Waals surface area (Å²) >= 11 is 3.43. The van der Waals surface area contributed by atoms with Crippen molar-refractivity contribution >= 4 is 38.4 Å². The van der Waals surface area contributed by atoms with E-state index in [4.69, 9.17) is 0 Å². The molecule has 1 amide bonds. The number of carbonyl (C=O) groups excluding carboxylic acids is 1. The first-order valence-corrected chi connectivity index (χ1v) is 10.6. The van der Waals surface area contributed by atoms with Crippen LogP contribution in [0.5, 0.6) is 0 Å². The Morgan fingerprint density at radius 3 is 2.57 bits per heavy atom. The highest BCUT2D eigenvalue weighted by Crippen LogP contribution is 2.31. The number of hydrogen-bond donors (Lipinski definition) is 3. The SMILES string of the molecule is Cc1[nH]nc(C(=O)NCC(c2ccc(N(C)C)cc2)c2c[nH]c3ccccc23)c1Br. The predicted molar refractivity (Wildman–Crippen MR) is 124 cm³/mol. The van der Waals surface area contributed by atoms with Crippen molar-refractivity contribution in [2.75, 3.05) is 25.5 Å². The summed E-state index contributed by atoms with van der Waals surface area (Å²) in [6.45, 7) is 2.33. The van der Waals surface area contributed by atoms with Crippen LogP contribution in [0.1, 0.15) is 33.2 Å². The zero-order chi connectivity index (χ0) is 21.3. The van der Waals surface area contributed by atoms with Crippen molar-refractivity contribution in [2.24, 2.45) is 0 Å². The number of benzene rings is 2. The van der Waals surface area contributed by atoms with Gasteiger partial charge in [-0.1, -0.05) is 30.3 Å². The van der Waals surface area contributed by atoms with Crippen LogP contribution in [0.4, 0.5) is 5.69 Å². The van der Waals surface area contributed by atoms with Crippen molar-refractivity contribution in [3.8, 4) is 0 Å². The molecule has 1 unspecified atom stereocenters. The molecule has 0 saturated carbocycles. The third kappa shape index (κ3) is 3.85. The Morgan fingerprint density at radius 1 is 1.17 bits per heavy atom. The second kappa shape index (κ2) is 8.36. The van der Waals surface area contributed by atoms with Gasteiger partial charge >= 0.3 is 0 Å². The highest BCUT2D eigenvalue weighted by atomic mass is 79.9. The van der Waals surface area contributed by atoms with Gasteiger partial charge in [-0.2, -0.15) is 5.10 Å². The van der Waals surface area contributed by atoms with Crippen LogP contribution in [0, 0.1) is 6.92 Å². The molecule has 7 heteroatoms. The second-order valence-electron chi connectivity index (χ2n) is 7.55. The van der Waals surface area contributed by atoms with Gasteiger partial charge in [0, 0.05) is 55.0 Å². The summed E-state index contributed by atoms with van der Waals surface area (Å²) in [4.78, 5) is 18.2. The Balaban J connectivity index is 1.66. The number of H-pyrrole nitrogens is 2. The lowest BCUT2D eigenvalue weighted by molar-refractivity contribution is 0.0946. The van der Waals surface area contributed by atoms with Crippen molar-refractivity contribution in [3.05, 3.63) is 81.7 Å². The van der Waals surface area contributed by atoms with E-state index in [9.17, 15) is 4.79 Å². The molecule has 4 aromatic rings. The maximum absolute atomic E-state index is 12.8. The summed E-state index contributed by atoms with van der Waals surface area (Å²) in [6.07, 6.45) is 2.04. The van der Waals surface area contributed by atoms with Crippen LogP contribution >= 0.6 is 15.9 Å². The lowest BCUT2D eigenvalue weighted by Crippen LogP contribution is -2.29. The van der Waals surface area contributed by atoms with Gasteiger partial charge in [-0.05, 0) is 52.2 Å². The van der Waals surface area contributed by atoms with Gasteiger partial charge in [-0.3, -0.25) is 9.89 Å². The number of nitrogens with one attached hydrogen (secondary N) is 3. The number of hydrogen-bond acceptors (Lipinski definition) is 3. The first-order chi connectivity index (χ1) is 14.5.